The quantitative estimate of drug-likeness (QED) is 0.621. The molecule has 2 heterocycles. The predicted molar refractivity (Wildman–Crippen MR) is 90.7 cm³/mol. The molecule has 0 bridgehead atoms. The number of hydrogen-bond acceptors (Lipinski definition) is 3. The summed E-state index contributed by atoms with van der Waals surface area (Å²) in [5, 5.41) is 6.36. The number of aryl methyl sites for hydroxylation is 1. The van der Waals surface area contributed by atoms with Crippen molar-refractivity contribution < 1.29 is 32.3 Å². The predicted octanol–water partition coefficient (Wildman–Crippen LogP) is -0.289. The monoisotopic (exact) mass is 384 g/mol. The molecule has 1 aromatic carbocycles. The molecular formula is C18H23F3N4O2+2. The highest BCUT2D eigenvalue weighted by Crippen LogP contribution is 2.19. The summed E-state index contributed by atoms with van der Waals surface area (Å²) >= 11 is 0. The molecule has 1 aromatic heterocycles. The maximum absolute atomic E-state index is 13.7. The lowest BCUT2D eigenvalue weighted by Gasteiger charge is -2.32. The van der Waals surface area contributed by atoms with Crippen molar-refractivity contribution >= 4 is 11.6 Å². The van der Waals surface area contributed by atoms with Crippen LogP contribution in [0.4, 0.5) is 18.9 Å². The Bertz CT molecular complexity index is 819. The maximum atomic E-state index is 13.7. The number of aromatic nitrogens is 1. The Morgan fingerprint density at radius 3 is 2.56 bits per heavy atom. The van der Waals surface area contributed by atoms with Gasteiger partial charge in [0, 0.05) is 6.07 Å². The van der Waals surface area contributed by atoms with Crippen LogP contribution in [0.15, 0.2) is 22.7 Å². The van der Waals surface area contributed by atoms with Gasteiger partial charge in [0.2, 0.25) is 0 Å². The SMILES string of the molecule is Cc1cc(C[NH+]2CC[NH+]([C@H](C)C(=O)Nc3ccc(F)c(F)c3F)CC2)no1. The maximum Gasteiger partial charge on any atom is 0.282 e. The number of hydrogen-bond donors (Lipinski definition) is 3. The Balaban J connectivity index is 1.53. The molecule has 1 atom stereocenters. The zero-order valence-electron chi connectivity index (χ0n) is 15.2. The first-order valence-electron chi connectivity index (χ1n) is 8.90. The molecule has 3 rings (SSSR count). The number of anilines is 1. The molecule has 1 fully saturated rings. The molecule has 0 aliphatic carbocycles. The number of piperazine rings is 1. The highest BCUT2D eigenvalue weighted by Gasteiger charge is 2.32. The summed E-state index contributed by atoms with van der Waals surface area (Å²) in [6.45, 7) is 7.61. The molecule has 0 saturated carbocycles. The molecule has 27 heavy (non-hydrogen) atoms. The molecule has 1 aliphatic rings. The molecule has 9 heteroatoms. The van der Waals surface area contributed by atoms with Gasteiger partial charge in [-0.2, -0.15) is 0 Å². The van der Waals surface area contributed by atoms with Crippen LogP contribution in [0.5, 0.6) is 0 Å². The molecule has 1 aliphatic heterocycles. The highest BCUT2D eigenvalue weighted by atomic mass is 19.2. The van der Waals surface area contributed by atoms with E-state index in [-0.39, 0.29) is 5.69 Å². The summed E-state index contributed by atoms with van der Waals surface area (Å²) in [7, 11) is 0. The molecule has 2 aromatic rings. The summed E-state index contributed by atoms with van der Waals surface area (Å²) in [4.78, 5) is 14.8. The fraction of sp³-hybridized carbons (Fsp3) is 0.444. The van der Waals surface area contributed by atoms with Crippen LogP contribution in [-0.2, 0) is 11.3 Å². The van der Waals surface area contributed by atoms with Gasteiger partial charge in [0.1, 0.15) is 44.2 Å². The fourth-order valence-corrected chi connectivity index (χ4v) is 3.34. The van der Waals surface area contributed by atoms with E-state index in [0.717, 1.165) is 61.2 Å². The Labute approximate surface area is 154 Å². The number of carbonyl (C=O) groups excluding carboxylic acids is 1. The Morgan fingerprint density at radius 1 is 1.22 bits per heavy atom. The van der Waals surface area contributed by atoms with Gasteiger partial charge in [-0.05, 0) is 26.0 Å². The van der Waals surface area contributed by atoms with Crippen molar-refractivity contribution in [3.05, 3.63) is 47.1 Å². The summed E-state index contributed by atoms with van der Waals surface area (Å²) in [6, 6.07) is 3.29. The van der Waals surface area contributed by atoms with Gasteiger partial charge in [0.25, 0.3) is 5.91 Å². The van der Waals surface area contributed by atoms with E-state index in [0.29, 0.717) is 0 Å². The first kappa shape index (κ1) is 19.4. The number of amides is 1. The number of quaternary nitrogens is 2. The lowest BCUT2D eigenvalue weighted by molar-refractivity contribution is -1.02. The Kier molecular flexibility index (Phi) is 5.81. The number of nitrogens with one attached hydrogen (secondary N) is 3. The van der Waals surface area contributed by atoms with Gasteiger partial charge < -0.3 is 19.6 Å². The second-order valence-electron chi connectivity index (χ2n) is 6.95. The molecule has 0 unspecified atom stereocenters. The summed E-state index contributed by atoms with van der Waals surface area (Å²) in [5.74, 6) is -3.91. The van der Waals surface area contributed by atoms with Crippen LogP contribution >= 0.6 is 0 Å². The number of benzene rings is 1. The van der Waals surface area contributed by atoms with E-state index < -0.39 is 29.4 Å². The summed E-state index contributed by atoms with van der Waals surface area (Å²) < 4.78 is 45.1. The Morgan fingerprint density at radius 2 is 1.93 bits per heavy atom. The molecule has 0 spiro atoms. The molecule has 0 radical (unpaired) electrons. The molecule has 1 amide bonds. The van der Waals surface area contributed by atoms with E-state index in [2.05, 4.69) is 10.5 Å². The number of nitrogens with zero attached hydrogens (tertiary/aromatic N) is 1. The average Bonchev–Trinajstić information content (AvgIpc) is 3.07. The normalized spacial score (nSPS) is 21.1. The van der Waals surface area contributed by atoms with Crippen LogP contribution in [0, 0.1) is 24.4 Å². The number of rotatable bonds is 5. The van der Waals surface area contributed by atoms with Crippen LogP contribution in [0.2, 0.25) is 0 Å². The molecule has 6 nitrogen and oxygen atoms in total. The lowest BCUT2D eigenvalue weighted by atomic mass is 10.2. The molecule has 3 N–H and O–H groups in total. The topological polar surface area (TPSA) is 64.0 Å². The van der Waals surface area contributed by atoms with Crippen LogP contribution in [0.25, 0.3) is 0 Å². The van der Waals surface area contributed by atoms with Crippen molar-refractivity contribution in [2.24, 2.45) is 0 Å². The van der Waals surface area contributed by atoms with Gasteiger partial charge >= 0.3 is 0 Å². The van der Waals surface area contributed by atoms with Gasteiger partial charge in [-0.3, -0.25) is 4.79 Å². The average molecular weight is 384 g/mol. The van der Waals surface area contributed by atoms with Crippen molar-refractivity contribution in [3.63, 3.8) is 0 Å². The second-order valence-corrected chi connectivity index (χ2v) is 6.95. The standard InChI is InChI=1S/C18H21F3N4O2/c1-11-9-13(23-27-11)10-24-5-7-25(8-6-24)12(2)18(26)22-15-4-3-14(19)16(20)17(15)21/h3-4,9,12H,5-8,10H2,1-2H3,(H,22,26)/p+2/t12-/m1/s1. The van der Waals surface area contributed by atoms with Gasteiger partial charge in [-0.15, -0.1) is 0 Å². The minimum atomic E-state index is -1.59. The Hall–Kier alpha value is -2.39. The molecule has 1 saturated heterocycles. The van der Waals surface area contributed by atoms with Gasteiger partial charge in [-0.1, -0.05) is 5.16 Å². The number of halogens is 3. The largest absolute Gasteiger partial charge is 0.361 e. The number of carbonyl (C=O) groups is 1. The van der Waals surface area contributed by atoms with Gasteiger partial charge in [0.05, 0.1) is 5.69 Å². The summed E-state index contributed by atoms with van der Waals surface area (Å²) in [5.41, 5.74) is 0.557. The third kappa shape index (κ3) is 4.48. The van der Waals surface area contributed by atoms with E-state index >= 15 is 0 Å². The third-order valence-electron chi connectivity index (χ3n) is 5.01. The minimum Gasteiger partial charge on any atom is -0.361 e. The smallest absolute Gasteiger partial charge is 0.282 e. The first-order valence-corrected chi connectivity index (χ1v) is 8.90. The second kappa shape index (κ2) is 8.10. The zero-order valence-corrected chi connectivity index (χ0v) is 15.2. The van der Waals surface area contributed by atoms with Crippen molar-refractivity contribution in [1.29, 1.82) is 0 Å². The third-order valence-corrected chi connectivity index (χ3v) is 5.01. The highest BCUT2D eigenvalue weighted by molar-refractivity contribution is 5.93. The minimum absolute atomic E-state index is 0.351. The van der Waals surface area contributed by atoms with E-state index in [4.69, 9.17) is 4.52 Å². The first-order chi connectivity index (χ1) is 12.8. The lowest BCUT2D eigenvalue weighted by Crippen LogP contribution is -3.29. The van der Waals surface area contributed by atoms with E-state index in [1.54, 1.807) is 6.92 Å². The van der Waals surface area contributed by atoms with Crippen LogP contribution < -0.4 is 15.1 Å². The van der Waals surface area contributed by atoms with Crippen molar-refractivity contribution in [1.82, 2.24) is 5.16 Å². The van der Waals surface area contributed by atoms with Crippen LogP contribution in [0.3, 0.4) is 0 Å². The molecule has 146 valence electrons. The zero-order chi connectivity index (χ0) is 19.6. The van der Waals surface area contributed by atoms with E-state index in [9.17, 15) is 18.0 Å². The summed E-state index contributed by atoms with van der Waals surface area (Å²) in [6.07, 6.45) is 0. The molecular weight excluding hydrogens is 361 g/mol. The van der Waals surface area contributed by atoms with Gasteiger partial charge in [0.15, 0.2) is 23.5 Å². The van der Waals surface area contributed by atoms with Crippen LogP contribution in [0.1, 0.15) is 18.4 Å². The van der Waals surface area contributed by atoms with Crippen molar-refractivity contribution in [3.8, 4) is 0 Å². The van der Waals surface area contributed by atoms with Gasteiger partial charge in [-0.25, -0.2) is 13.2 Å². The van der Waals surface area contributed by atoms with E-state index in [1.807, 2.05) is 13.0 Å². The van der Waals surface area contributed by atoms with E-state index in [1.165, 1.54) is 4.90 Å². The van der Waals surface area contributed by atoms with Crippen LogP contribution in [-0.4, -0.2) is 43.3 Å². The van der Waals surface area contributed by atoms with Crippen molar-refractivity contribution in [2.75, 3.05) is 31.5 Å². The fourth-order valence-electron chi connectivity index (χ4n) is 3.34. The van der Waals surface area contributed by atoms with Crippen molar-refractivity contribution in [2.45, 2.75) is 26.4 Å².